The van der Waals surface area contributed by atoms with Crippen LogP contribution in [0, 0.1) is 0 Å². The molecule has 0 unspecified atom stereocenters. The van der Waals surface area contributed by atoms with E-state index in [9.17, 15) is 4.79 Å². The average molecular weight is 399 g/mol. The van der Waals surface area contributed by atoms with E-state index in [1.165, 1.54) is 12.8 Å². The van der Waals surface area contributed by atoms with Crippen LogP contribution >= 0.6 is 28.1 Å². The number of nitrogens with zero attached hydrogens (tertiary/aromatic N) is 1. The lowest BCUT2D eigenvalue weighted by molar-refractivity contribution is 0.0967. The van der Waals surface area contributed by atoms with Crippen molar-refractivity contribution in [2.24, 2.45) is 0 Å². The first kappa shape index (κ1) is 18.2. The molecule has 0 bridgehead atoms. The molecule has 0 spiro atoms. The third-order valence-electron chi connectivity index (χ3n) is 3.66. The molecule has 23 heavy (non-hydrogen) atoms. The van der Waals surface area contributed by atoms with Crippen molar-refractivity contribution in [3.05, 3.63) is 28.2 Å². The third-order valence-corrected chi connectivity index (χ3v) is 4.52. The summed E-state index contributed by atoms with van der Waals surface area (Å²) in [5, 5.41) is 3.36. The highest BCUT2D eigenvalue weighted by Crippen LogP contribution is 2.24. The maximum atomic E-state index is 12.6. The molecule has 1 aliphatic rings. The summed E-state index contributed by atoms with van der Waals surface area (Å²) in [7, 11) is 0. The van der Waals surface area contributed by atoms with Crippen molar-refractivity contribution in [3.63, 3.8) is 0 Å². The number of hydrogen-bond acceptors (Lipinski definition) is 3. The second-order valence-electron chi connectivity index (χ2n) is 5.97. The maximum Gasteiger partial charge on any atom is 0.261 e. The largest absolute Gasteiger partial charge is 0.490 e. The lowest BCUT2D eigenvalue weighted by Gasteiger charge is -2.23. The van der Waals surface area contributed by atoms with E-state index >= 15 is 0 Å². The lowest BCUT2D eigenvalue weighted by Crippen LogP contribution is -2.43. The molecule has 0 aromatic heterocycles. The number of carbonyl (C=O) groups excluding carboxylic acids is 1. The number of rotatable bonds is 3. The van der Waals surface area contributed by atoms with Gasteiger partial charge in [-0.2, -0.15) is 0 Å². The highest BCUT2D eigenvalue weighted by atomic mass is 79.9. The van der Waals surface area contributed by atoms with Crippen molar-refractivity contribution >= 4 is 39.2 Å². The van der Waals surface area contributed by atoms with Gasteiger partial charge in [0.2, 0.25) is 0 Å². The Labute approximate surface area is 151 Å². The van der Waals surface area contributed by atoms with Crippen molar-refractivity contribution in [2.45, 2.75) is 45.6 Å². The monoisotopic (exact) mass is 398 g/mol. The lowest BCUT2D eigenvalue weighted by atomic mass is 10.2. The number of likely N-dealkylation sites (tertiary alicyclic amines) is 1. The van der Waals surface area contributed by atoms with E-state index in [0.717, 1.165) is 30.4 Å². The zero-order chi connectivity index (χ0) is 16.8. The van der Waals surface area contributed by atoms with Gasteiger partial charge in [-0.1, -0.05) is 28.8 Å². The summed E-state index contributed by atoms with van der Waals surface area (Å²) in [5.74, 6) is 0.343. The summed E-state index contributed by atoms with van der Waals surface area (Å²) in [6.45, 7) is 5.69. The number of carbonyl (C=O) groups is 1. The number of hydrogen-bond donors (Lipinski definition) is 1. The van der Waals surface area contributed by atoms with Gasteiger partial charge in [-0.3, -0.25) is 10.1 Å². The second kappa shape index (κ2) is 8.64. The zero-order valence-corrected chi connectivity index (χ0v) is 16.0. The summed E-state index contributed by atoms with van der Waals surface area (Å²) in [4.78, 5) is 14.7. The maximum absolute atomic E-state index is 12.6. The molecule has 0 aliphatic carbocycles. The smallest absolute Gasteiger partial charge is 0.261 e. The predicted octanol–water partition coefficient (Wildman–Crippen LogP) is 4.13. The van der Waals surface area contributed by atoms with E-state index in [2.05, 4.69) is 26.1 Å². The molecule has 0 radical (unpaired) electrons. The number of benzene rings is 1. The fourth-order valence-electron chi connectivity index (χ4n) is 2.55. The third kappa shape index (κ3) is 5.46. The molecular weight excluding hydrogens is 376 g/mol. The second-order valence-corrected chi connectivity index (χ2v) is 7.27. The van der Waals surface area contributed by atoms with Crippen LogP contribution < -0.4 is 10.1 Å². The number of halogens is 1. The summed E-state index contributed by atoms with van der Waals surface area (Å²) >= 11 is 8.82. The molecule has 126 valence electrons. The normalized spacial score (nSPS) is 15.2. The van der Waals surface area contributed by atoms with Crippen LogP contribution in [0.2, 0.25) is 0 Å². The Balaban J connectivity index is 2.10. The molecule has 1 amide bonds. The van der Waals surface area contributed by atoms with Gasteiger partial charge in [0, 0.05) is 17.6 Å². The Bertz CT molecular complexity index is 570. The molecule has 0 atom stereocenters. The minimum Gasteiger partial charge on any atom is -0.490 e. The molecule has 1 aromatic rings. The summed E-state index contributed by atoms with van der Waals surface area (Å²) < 4.78 is 6.56. The molecule has 1 N–H and O–H groups in total. The van der Waals surface area contributed by atoms with Crippen molar-refractivity contribution in [1.82, 2.24) is 10.2 Å². The molecule has 6 heteroatoms. The van der Waals surface area contributed by atoms with Gasteiger partial charge < -0.3 is 9.64 Å². The van der Waals surface area contributed by atoms with Crippen LogP contribution in [0.5, 0.6) is 5.75 Å². The topological polar surface area (TPSA) is 41.6 Å². The minimum absolute atomic E-state index is 0.000263. The van der Waals surface area contributed by atoms with Gasteiger partial charge >= 0.3 is 0 Å². The van der Waals surface area contributed by atoms with E-state index in [1.807, 2.05) is 19.9 Å². The molecular formula is C17H23BrN2O2S. The number of nitrogens with one attached hydrogen (secondary N) is 1. The highest BCUT2D eigenvalue weighted by Gasteiger charge is 2.19. The van der Waals surface area contributed by atoms with Crippen molar-refractivity contribution in [1.29, 1.82) is 0 Å². The molecule has 1 aromatic carbocycles. The van der Waals surface area contributed by atoms with E-state index in [1.54, 1.807) is 12.1 Å². The molecule has 1 aliphatic heterocycles. The molecule has 0 saturated carbocycles. The minimum atomic E-state index is -0.226. The van der Waals surface area contributed by atoms with Crippen molar-refractivity contribution in [2.75, 3.05) is 13.1 Å². The Morgan fingerprint density at radius 3 is 2.52 bits per heavy atom. The number of amides is 1. The van der Waals surface area contributed by atoms with Crippen LogP contribution in [0.25, 0.3) is 0 Å². The van der Waals surface area contributed by atoms with Crippen LogP contribution in [0.15, 0.2) is 22.7 Å². The SMILES string of the molecule is CC(C)Oc1ccc(Br)cc1C(=O)NC(=S)N1CCCCCC1. The standard InChI is InChI=1S/C17H23BrN2O2S/c1-12(2)22-15-8-7-13(18)11-14(15)16(21)19-17(23)20-9-5-3-4-6-10-20/h7-8,11-12H,3-6,9-10H2,1-2H3,(H,19,21,23). The van der Waals surface area contributed by atoms with Crippen molar-refractivity contribution < 1.29 is 9.53 Å². The first-order chi connectivity index (χ1) is 11.0. The van der Waals surface area contributed by atoms with Crippen LogP contribution in [0.4, 0.5) is 0 Å². The van der Waals surface area contributed by atoms with Gasteiger partial charge in [-0.25, -0.2) is 0 Å². The first-order valence-electron chi connectivity index (χ1n) is 8.04. The quantitative estimate of drug-likeness (QED) is 0.777. The zero-order valence-electron chi connectivity index (χ0n) is 13.6. The van der Waals surface area contributed by atoms with E-state index < -0.39 is 0 Å². The molecule has 4 nitrogen and oxygen atoms in total. The van der Waals surface area contributed by atoms with Gasteiger partial charge in [0.1, 0.15) is 5.75 Å². The van der Waals surface area contributed by atoms with Gasteiger partial charge in [0.15, 0.2) is 5.11 Å². The van der Waals surface area contributed by atoms with E-state index in [4.69, 9.17) is 17.0 Å². The summed E-state index contributed by atoms with van der Waals surface area (Å²) in [6.07, 6.45) is 4.69. The number of ether oxygens (including phenoxy) is 1. The van der Waals surface area contributed by atoms with Crippen molar-refractivity contribution in [3.8, 4) is 5.75 Å². The molecule has 1 saturated heterocycles. The van der Waals surface area contributed by atoms with Crippen LogP contribution in [-0.4, -0.2) is 35.1 Å². The molecule has 1 heterocycles. The Hall–Kier alpha value is -1.14. The fourth-order valence-corrected chi connectivity index (χ4v) is 3.19. The first-order valence-corrected chi connectivity index (χ1v) is 9.24. The Morgan fingerprint density at radius 1 is 1.26 bits per heavy atom. The number of thiocarbonyl (C=S) groups is 1. The predicted molar refractivity (Wildman–Crippen MR) is 100 cm³/mol. The van der Waals surface area contributed by atoms with Gasteiger partial charge in [0.05, 0.1) is 11.7 Å². The highest BCUT2D eigenvalue weighted by molar-refractivity contribution is 9.10. The van der Waals surface area contributed by atoms with E-state index in [-0.39, 0.29) is 12.0 Å². The van der Waals surface area contributed by atoms with E-state index in [0.29, 0.717) is 16.4 Å². The van der Waals surface area contributed by atoms with Crippen LogP contribution in [-0.2, 0) is 0 Å². The van der Waals surface area contributed by atoms with Gasteiger partial charge in [-0.15, -0.1) is 0 Å². The summed E-state index contributed by atoms with van der Waals surface area (Å²) in [6, 6.07) is 5.42. The van der Waals surface area contributed by atoms with Crippen LogP contribution in [0.3, 0.4) is 0 Å². The Kier molecular flexibility index (Phi) is 6.84. The Morgan fingerprint density at radius 2 is 1.91 bits per heavy atom. The van der Waals surface area contributed by atoms with Gasteiger partial charge in [-0.05, 0) is 57.1 Å². The fraction of sp³-hybridized carbons (Fsp3) is 0.529. The average Bonchev–Trinajstić information content (AvgIpc) is 2.77. The molecule has 1 fully saturated rings. The van der Waals surface area contributed by atoms with Gasteiger partial charge in [0.25, 0.3) is 5.91 Å². The van der Waals surface area contributed by atoms with Crippen LogP contribution in [0.1, 0.15) is 49.9 Å². The summed E-state index contributed by atoms with van der Waals surface area (Å²) in [5.41, 5.74) is 0.491. The molecule has 2 rings (SSSR count).